The molecule has 0 fully saturated rings. The molecule has 0 spiro atoms. The molecule has 1 heterocycles. The molecule has 8 heteroatoms. The molecule has 0 aliphatic carbocycles. The summed E-state index contributed by atoms with van der Waals surface area (Å²) in [4.78, 5) is 0. The van der Waals surface area contributed by atoms with Crippen molar-refractivity contribution in [2.24, 2.45) is 10.2 Å². The number of nitrogens with one attached hydrogen (secondary N) is 1. The van der Waals surface area contributed by atoms with E-state index in [0.29, 0.717) is 5.02 Å². The van der Waals surface area contributed by atoms with E-state index in [2.05, 4.69) is 20.4 Å². The Morgan fingerprint density at radius 1 is 1.29 bits per heavy atom. The molecule has 2 rings (SSSR count). The van der Waals surface area contributed by atoms with Crippen molar-refractivity contribution in [3.63, 3.8) is 0 Å². The highest BCUT2D eigenvalue weighted by atomic mass is 35.5. The fraction of sp³-hybridized carbons (Fsp3) is 0. The molecule has 0 atom stereocenters. The third-order valence-corrected chi connectivity index (χ3v) is 2.20. The van der Waals surface area contributed by atoms with Crippen LogP contribution in [0.3, 0.4) is 0 Å². The number of nitrogens with two attached hydrogens (primary N) is 2. The summed E-state index contributed by atoms with van der Waals surface area (Å²) in [5.41, 5.74) is 11.1. The standard InChI is InChI=1S/C9H8ClFN6/c10-4-1-2-5(11)6(3-4)14-15-7-8(12)16-17-9(7)13/h1-3H,(H5,12,13,16,17). The van der Waals surface area contributed by atoms with Gasteiger partial charge in [0.2, 0.25) is 0 Å². The Morgan fingerprint density at radius 3 is 2.71 bits per heavy atom. The largest absolute Gasteiger partial charge is 0.382 e. The first kappa shape index (κ1) is 11.3. The van der Waals surface area contributed by atoms with E-state index in [1.807, 2.05) is 0 Å². The van der Waals surface area contributed by atoms with E-state index in [-0.39, 0.29) is 23.0 Å². The molecule has 0 aliphatic heterocycles. The number of azo groups is 1. The minimum Gasteiger partial charge on any atom is -0.382 e. The van der Waals surface area contributed by atoms with Crippen molar-refractivity contribution in [1.82, 2.24) is 10.2 Å². The molecule has 0 saturated carbocycles. The molecule has 0 radical (unpaired) electrons. The van der Waals surface area contributed by atoms with E-state index in [9.17, 15) is 4.39 Å². The summed E-state index contributed by atoms with van der Waals surface area (Å²) in [6.45, 7) is 0. The average molecular weight is 255 g/mol. The number of anilines is 2. The first-order valence-electron chi connectivity index (χ1n) is 4.54. The van der Waals surface area contributed by atoms with Gasteiger partial charge in [0.25, 0.3) is 0 Å². The van der Waals surface area contributed by atoms with E-state index in [0.717, 1.165) is 0 Å². The first-order chi connectivity index (χ1) is 8.08. The van der Waals surface area contributed by atoms with Crippen molar-refractivity contribution in [2.45, 2.75) is 0 Å². The van der Waals surface area contributed by atoms with E-state index in [4.69, 9.17) is 23.1 Å². The summed E-state index contributed by atoms with van der Waals surface area (Å²) >= 11 is 5.70. The maximum absolute atomic E-state index is 13.3. The number of nitrogen functional groups attached to an aromatic ring is 2. The van der Waals surface area contributed by atoms with Crippen LogP contribution in [0.15, 0.2) is 28.4 Å². The number of benzene rings is 1. The molecule has 0 aliphatic rings. The van der Waals surface area contributed by atoms with Crippen LogP contribution >= 0.6 is 11.6 Å². The molecule has 2 aromatic rings. The van der Waals surface area contributed by atoms with E-state index in [1.165, 1.54) is 18.2 Å². The zero-order valence-corrected chi connectivity index (χ0v) is 9.24. The lowest BCUT2D eigenvalue weighted by Gasteiger charge is -1.96. The molecular formula is C9H8ClFN6. The topological polar surface area (TPSA) is 105 Å². The third-order valence-electron chi connectivity index (χ3n) is 1.96. The van der Waals surface area contributed by atoms with Crippen LogP contribution in [0.25, 0.3) is 0 Å². The lowest BCUT2D eigenvalue weighted by molar-refractivity contribution is 0.628. The van der Waals surface area contributed by atoms with Crippen LogP contribution in [0.4, 0.5) is 27.4 Å². The molecule has 0 bridgehead atoms. The van der Waals surface area contributed by atoms with Gasteiger partial charge in [-0.05, 0) is 18.2 Å². The molecule has 0 unspecified atom stereocenters. The Kier molecular flexibility index (Phi) is 2.92. The number of hydrogen-bond donors (Lipinski definition) is 3. The summed E-state index contributed by atoms with van der Waals surface area (Å²) in [5.74, 6) is -0.291. The van der Waals surface area contributed by atoms with Crippen molar-refractivity contribution in [3.8, 4) is 0 Å². The minimum atomic E-state index is -0.543. The van der Waals surface area contributed by atoms with Crippen LogP contribution in [0.5, 0.6) is 0 Å². The Labute approximate surface area is 100 Å². The predicted octanol–water partition coefficient (Wildman–Crippen LogP) is 2.78. The smallest absolute Gasteiger partial charge is 0.175 e. The third kappa shape index (κ3) is 2.34. The number of H-pyrrole nitrogens is 1. The summed E-state index contributed by atoms with van der Waals surface area (Å²) in [5, 5.41) is 13.8. The second kappa shape index (κ2) is 4.38. The molecule has 17 heavy (non-hydrogen) atoms. The molecule has 1 aromatic heterocycles. The molecule has 0 saturated heterocycles. The number of hydrogen-bond acceptors (Lipinski definition) is 5. The second-order valence-electron chi connectivity index (χ2n) is 3.17. The van der Waals surface area contributed by atoms with Gasteiger partial charge in [0.05, 0.1) is 0 Å². The zero-order valence-electron chi connectivity index (χ0n) is 8.48. The molecule has 1 aromatic carbocycles. The normalized spacial score (nSPS) is 11.2. The van der Waals surface area contributed by atoms with Gasteiger partial charge in [-0.15, -0.1) is 10.2 Å². The van der Waals surface area contributed by atoms with Crippen molar-refractivity contribution < 1.29 is 4.39 Å². The van der Waals surface area contributed by atoms with E-state index in [1.54, 1.807) is 0 Å². The molecule has 0 amide bonds. The van der Waals surface area contributed by atoms with Crippen molar-refractivity contribution in [1.29, 1.82) is 0 Å². The monoisotopic (exact) mass is 254 g/mol. The number of rotatable bonds is 2. The SMILES string of the molecule is Nc1n[nH]c(N)c1N=Nc1cc(Cl)ccc1F. The fourth-order valence-electron chi connectivity index (χ4n) is 1.14. The second-order valence-corrected chi connectivity index (χ2v) is 3.60. The van der Waals surface area contributed by atoms with Gasteiger partial charge in [-0.3, -0.25) is 5.10 Å². The number of aromatic nitrogens is 2. The Balaban J connectivity index is 2.35. The predicted molar refractivity (Wildman–Crippen MR) is 63.0 cm³/mol. The van der Waals surface area contributed by atoms with Gasteiger partial charge in [-0.1, -0.05) is 11.6 Å². The van der Waals surface area contributed by atoms with Crippen LogP contribution < -0.4 is 11.5 Å². The Morgan fingerprint density at radius 2 is 2.06 bits per heavy atom. The van der Waals surface area contributed by atoms with Gasteiger partial charge in [0.1, 0.15) is 11.5 Å². The van der Waals surface area contributed by atoms with Crippen LogP contribution in [0, 0.1) is 5.82 Å². The van der Waals surface area contributed by atoms with Crippen molar-refractivity contribution >= 4 is 34.6 Å². The van der Waals surface area contributed by atoms with Crippen LogP contribution in [-0.2, 0) is 0 Å². The van der Waals surface area contributed by atoms with Crippen LogP contribution in [-0.4, -0.2) is 10.2 Å². The summed E-state index contributed by atoms with van der Waals surface area (Å²) in [7, 11) is 0. The minimum absolute atomic E-state index is 0.00231. The van der Waals surface area contributed by atoms with Gasteiger partial charge in [-0.2, -0.15) is 5.10 Å². The Bertz CT molecular complexity index is 559. The van der Waals surface area contributed by atoms with E-state index < -0.39 is 5.82 Å². The van der Waals surface area contributed by atoms with Gasteiger partial charge < -0.3 is 11.5 Å². The molecule has 6 nitrogen and oxygen atoms in total. The van der Waals surface area contributed by atoms with Gasteiger partial charge in [0, 0.05) is 5.02 Å². The molecule has 88 valence electrons. The van der Waals surface area contributed by atoms with Crippen molar-refractivity contribution in [2.75, 3.05) is 11.5 Å². The quantitative estimate of drug-likeness (QED) is 0.718. The molecule has 5 N–H and O–H groups in total. The number of nitrogens with zero attached hydrogens (tertiary/aromatic N) is 3. The maximum Gasteiger partial charge on any atom is 0.175 e. The van der Waals surface area contributed by atoms with Crippen LogP contribution in [0.1, 0.15) is 0 Å². The van der Waals surface area contributed by atoms with E-state index >= 15 is 0 Å². The highest BCUT2D eigenvalue weighted by Gasteiger charge is 2.07. The van der Waals surface area contributed by atoms with Crippen LogP contribution in [0.2, 0.25) is 5.02 Å². The van der Waals surface area contributed by atoms with Gasteiger partial charge >= 0.3 is 0 Å². The number of aromatic amines is 1. The van der Waals surface area contributed by atoms with Gasteiger partial charge in [-0.25, -0.2) is 4.39 Å². The Hall–Kier alpha value is -2.15. The summed E-state index contributed by atoms with van der Waals surface area (Å²) < 4.78 is 13.3. The van der Waals surface area contributed by atoms with Crippen molar-refractivity contribution in [3.05, 3.63) is 29.0 Å². The summed E-state index contributed by atoms with van der Waals surface area (Å²) in [6, 6.07) is 3.95. The highest BCUT2D eigenvalue weighted by molar-refractivity contribution is 6.30. The fourth-order valence-corrected chi connectivity index (χ4v) is 1.30. The lowest BCUT2D eigenvalue weighted by atomic mass is 10.3. The van der Waals surface area contributed by atoms with Gasteiger partial charge in [0.15, 0.2) is 17.3 Å². The first-order valence-corrected chi connectivity index (χ1v) is 4.92. The average Bonchev–Trinajstić information content (AvgIpc) is 2.61. The maximum atomic E-state index is 13.3. The highest BCUT2D eigenvalue weighted by Crippen LogP contribution is 2.29. The lowest BCUT2D eigenvalue weighted by Crippen LogP contribution is -1.84. The number of halogens is 2. The molecular weight excluding hydrogens is 247 g/mol. The summed E-state index contributed by atoms with van der Waals surface area (Å²) in [6.07, 6.45) is 0. The zero-order chi connectivity index (χ0) is 12.4.